The molecule has 2 aromatic heterocycles. The molecule has 5 aromatic rings. The number of ketones is 1. The zero-order chi connectivity index (χ0) is 28.2. The van der Waals surface area contributed by atoms with Crippen molar-refractivity contribution in [1.29, 1.82) is 0 Å². The van der Waals surface area contributed by atoms with E-state index in [1.807, 2.05) is 55.6 Å². The molecule has 8 heteroatoms. The van der Waals surface area contributed by atoms with E-state index < -0.39 is 0 Å². The van der Waals surface area contributed by atoms with Gasteiger partial charge < -0.3 is 14.8 Å². The van der Waals surface area contributed by atoms with Gasteiger partial charge in [0.2, 0.25) is 0 Å². The predicted octanol–water partition coefficient (Wildman–Crippen LogP) is 6.13. The second-order valence-electron chi connectivity index (χ2n) is 9.92. The molecule has 0 unspecified atom stereocenters. The summed E-state index contributed by atoms with van der Waals surface area (Å²) in [5.74, 6) is 1.99. The Morgan fingerprint density at radius 2 is 1.93 bits per heavy atom. The number of nitrogens with zero attached hydrogens (tertiary/aromatic N) is 4. The number of benzene rings is 3. The van der Waals surface area contributed by atoms with Crippen molar-refractivity contribution >= 4 is 34.4 Å². The lowest BCUT2D eigenvalue weighted by Crippen LogP contribution is -2.06. The Kier molecular flexibility index (Phi) is 7.47. The van der Waals surface area contributed by atoms with E-state index in [2.05, 4.69) is 27.4 Å². The van der Waals surface area contributed by atoms with Gasteiger partial charge in [-0.2, -0.15) is 0 Å². The summed E-state index contributed by atoms with van der Waals surface area (Å²) in [4.78, 5) is 31.2. The van der Waals surface area contributed by atoms with E-state index in [1.165, 1.54) is 5.56 Å². The van der Waals surface area contributed by atoms with Crippen molar-refractivity contribution in [3.63, 3.8) is 0 Å². The predicted molar refractivity (Wildman–Crippen MR) is 160 cm³/mol. The number of fused-ring (bicyclic) bond motifs is 2. The van der Waals surface area contributed by atoms with E-state index in [-0.39, 0.29) is 12.2 Å². The van der Waals surface area contributed by atoms with Crippen LogP contribution in [-0.4, -0.2) is 47.3 Å². The van der Waals surface area contributed by atoms with Crippen molar-refractivity contribution in [2.24, 2.45) is 4.99 Å². The molecule has 1 aliphatic rings. The highest BCUT2D eigenvalue weighted by Gasteiger charge is 2.16. The average Bonchev–Trinajstić information content (AvgIpc) is 3.46. The van der Waals surface area contributed by atoms with E-state index in [1.54, 1.807) is 31.6 Å². The van der Waals surface area contributed by atoms with Gasteiger partial charge in [-0.25, -0.2) is 9.97 Å². The summed E-state index contributed by atoms with van der Waals surface area (Å²) < 4.78 is 11.1. The van der Waals surface area contributed by atoms with Crippen LogP contribution < -0.4 is 10.1 Å². The summed E-state index contributed by atoms with van der Waals surface area (Å²) >= 11 is 0. The molecule has 41 heavy (non-hydrogen) atoms. The smallest absolute Gasteiger partial charge is 0.168 e. The van der Waals surface area contributed by atoms with E-state index in [4.69, 9.17) is 19.4 Å². The Bertz CT molecular complexity index is 1770. The zero-order valence-corrected chi connectivity index (χ0v) is 22.9. The number of carbonyl (C=O) groups is 1. The van der Waals surface area contributed by atoms with Crippen LogP contribution in [0.2, 0.25) is 0 Å². The number of methoxy groups -OCH3 is 1. The molecule has 0 spiro atoms. The van der Waals surface area contributed by atoms with Gasteiger partial charge >= 0.3 is 0 Å². The van der Waals surface area contributed by atoms with Gasteiger partial charge in [-0.1, -0.05) is 24.3 Å². The van der Waals surface area contributed by atoms with Crippen LogP contribution in [0.15, 0.2) is 84.1 Å². The van der Waals surface area contributed by atoms with Gasteiger partial charge in [0.25, 0.3) is 0 Å². The fourth-order valence-corrected chi connectivity index (χ4v) is 4.83. The quantitative estimate of drug-likeness (QED) is 0.167. The van der Waals surface area contributed by atoms with E-state index >= 15 is 0 Å². The molecule has 3 aromatic carbocycles. The topological polar surface area (TPSA) is 98.6 Å². The second-order valence-corrected chi connectivity index (χ2v) is 9.92. The number of ether oxygens (including phenoxy) is 2. The lowest BCUT2D eigenvalue weighted by Gasteiger charge is -2.15. The molecule has 6 rings (SSSR count). The van der Waals surface area contributed by atoms with Crippen molar-refractivity contribution in [3.05, 3.63) is 107 Å². The molecule has 0 aliphatic carbocycles. The minimum absolute atomic E-state index is 0.00816. The van der Waals surface area contributed by atoms with E-state index in [9.17, 15) is 4.79 Å². The molecule has 1 aliphatic heterocycles. The summed E-state index contributed by atoms with van der Waals surface area (Å²) in [5.41, 5.74) is 7.24. The largest absolute Gasteiger partial charge is 0.491 e. The molecule has 3 heterocycles. The van der Waals surface area contributed by atoms with Gasteiger partial charge in [-0.15, -0.1) is 0 Å². The van der Waals surface area contributed by atoms with Gasteiger partial charge in [-0.05, 0) is 71.6 Å². The Labute approximate surface area is 238 Å². The zero-order valence-electron chi connectivity index (χ0n) is 22.9. The van der Waals surface area contributed by atoms with Gasteiger partial charge in [0.1, 0.15) is 18.2 Å². The number of hydrogen-bond acceptors (Lipinski definition) is 8. The van der Waals surface area contributed by atoms with Crippen molar-refractivity contribution in [2.45, 2.75) is 19.9 Å². The molecule has 0 saturated heterocycles. The number of rotatable bonds is 10. The first-order valence-corrected chi connectivity index (χ1v) is 13.4. The number of Topliss-reactive ketones (excluding diaryl/α,β-unsaturated/α-hetero) is 1. The van der Waals surface area contributed by atoms with Crippen LogP contribution in [-0.2, 0) is 17.7 Å². The SMILES string of the molecule is COCCOc1cc2c(Nc3ccc4c(c3)C=NC4)nc(-c3cccc(CC(=O)c4cccnc4)c3)nc2cc1C. The standard InChI is InChI=1S/C33H29N5O3/c1-21-13-29-28(17-31(21)41-12-11-40-2)33(36-27-9-8-24-18-35-20-26(24)16-27)38-32(37-29)23-6-3-5-22(14-23)15-30(39)25-7-4-10-34-19-25/h3-10,13-14,16-17,19-20H,11-12,15,18H2,1-2H3,(H,36,37,38). The first-order valence-electron chi connectivity index (χ1n) is 13.4. The molecule has 1 N–H and O–H groups in total. The second kappa shape index (κ2) is 11.7. The highest BCUT2D eigenvalue weighted by atomic mass is 16.5. The van der Waals surface area contributed by atoms with Crippen molar-refractivity contribution in [2.75, 3.05) is 25.6 Å². The van der Waals surface area contributed by atoms with Gasteiger partial charge in [-0.3, -0.25) is 14.8 Å². The van der Waals surface area contributed by atoms with Crippen molar-refractivity contribution in [3.8, 4) is 17.1 Å². The van der Waals surface area contributed by atoms with Gasteiger partial charge in [0, 0.05) is 54.3 Å². The van der Waals surface area contributed by atoms with Crippen LogP contribution in [0.3, 0.4) is 0 Å². The number of anilines is 2. The maximum Gasteiger partial charge on any atom is 0.168 e. The van der Waals surface area contributed by atoms with Crippen molar-refractivity contribution in [1.82, 2.24) is 15.0 Å². The lowest BCUT2D eigenvalue weighted by atomic mass is 10.0. The normalized spacial score (nSPS) is 12.0. The van der Waals surface area contributed by atoms with E-state index in [0.717, 1.165) is 44.6 Å². The Morgan fingerprint density at radius 3 is 2.78 bits per heavy atom. The fourth-order valence-electron chi connectivity index (χ4n) is 4.83. The number of aliphatic imine (C=N–C) groups is 1. The monoisotopic (exact) mass is 543 g/mol. The lowest BCUT2D eigenvalue weighted by molar-refractivity contribution is 0.0992. The third kappa shape index (κ3) is 5.83. The molecular formula is C33H29N5O3. The number of aromatic nitrogens is 3. The Balaban J connectivity index is 1.39. The minimum Gasteiger partial charge on any atom is -0.491 e. The summed E-state index contributed by atoms with van der Waals surface area (Å²) in [6.45, 7) is 3.64. The van der Waals surface area contributed by atoms with Gasteiger partial charge in [0.15, 0.2) is 11.6 Å². The fraction of sp³-hybridized carbons (Fsp3) is 0.182. The van der Waals surface area contributed by atoms with Gasteiger partial charge in [0.05, 0.1) is 18.7 Å². The third-order valence-electron chi connectivity index (χ3n) is 6.97. The number of pyridine rings is 1. The average molecular weight is 544 g/mol. The molecule has 8 nitrogen and oxygen atoms in total. The molecule has 0 bridgehead atoms. The molecule has 0 saturated carbocycles. The van der Waals surface area contributed by atoms with Crippen LogP contribution in [0.1, 0.15) is 32.6 Å². The first-order chi connectivity index (χ1) is 20.1. The number of carbonyl (C=O) groups excluding carboxylic acids is 1. The number of nitrogens with one attached hydrogen (secondary N) is 1. The molecular weight excluding hydrogens is 514 g/mol. The van der Waals surface area contributed by atoms with Crippen LogP contribution in [0.4, 0.5) is 11.5 Å². The number of aryl methyl sites for hydroxylation is 1. The summed E-state index contributed by atoms with van der Waals surface area (Å²) in [6.07, 6.45) is 5.41. The first kappa shape index (κ1) is 26.3. The van der Waals surface area contributed by atoms with Crippen molar-refractivity contribution < 1.29 is 14.3 Å². The molecule has 0 radical (unpaired) electrons. The van der Waals surface area contributed by atoms with Crippen LogP contribution >= 0.6 is 0 Å². The Hall–Kier alpha value is -4.95. The minimum atomic E-state index is 0.00816. The molecule has 0 atom stereocenters. The maximum absolute atomic E-state index is 12.8. The molecule has 0 amide bonds. The molecule has 0 fully saturated rings. The molecule has 204 valence electrons. The van der Waals surface area contributed by atoms with E-state index in [0.29, 0.717) is 37.0 Å². The highest BCUT2D eigenvalue weighted by Crippen LogP contribution is 2.33. The maximum atomic E-state index is 12.8. The number of hydrogen-bond donors (Lipinski definition) is 1. The van der Waals surface area contributed by atoms with Crippen LogP contribution in [0, 0.1) is 6.92 Å². The highest BCUT2D eigenvalue weighted by molar-refractivity contribution is 5.97. The van der Waals surface area contributed by atoms with Crippen LogP contribution in [0.25, 0.3) is 22.3 Å². The summed E-state index contributed by atoms with van der Waals surface area (Å²) in [6, 6.07) is 21.5. The summed E-state index contributed by atoms with van der Waals surface area (Å²) in [7, 11) is 1.65. The Morgan fingerprint density at radius 1 is 1.00 bits per heavy atom. The summed E-state index contributed by atoms with van der Waals surface area (Å²) in [5, 5.41) is 4.35. The third-order valence-corrected chi connectivity index (χ3v) is 6.97. The van der Waals surface area contributed by atoms with Crippen LogP contribution in [0.5, 0.6) is 5.75 Å².